The number of amides is 1. The number of carbonyl (C=O) groups is 2. The summed E-state index contributed by atoms with van der Waals surface area (Å²) in [5.41, 5.74) is -1.82. The molecule has 0 spiro atoms. The smallest absolute Gasteiger partial charge is 0.413 e. The lowest BCUT2D eigenvalue weighted by Gasteiger charge is -2.41. The first kappa shape index (κ1) is 19.8. The van der Waals surface area contributed by atoms with Gasteiger partial charge in [0.2, 0.25) is 0 Å². The molecule has 0 aromatic heterocycles. The van der Waals surface area contributed by atoms with Crippen molar-refractivity contribution in [3.63, 3.8) is 0 Å². The molecule has 0 N–H and O–H groups in total. The summed E-state index contributed by atoms with van der Waals surface area (Å²) < 4.78 is 16.3. The van der Waals surface area contributed by atoms with Gasteiger partial charge in [0.05, 0.1) is 13.2 Å². The molecular formula is C20H25NO5. The second-order valence-electron chi connectivity index (χ2n) is 6.81. The normalized spacial score (nSPS) is 19.9. The van der Waals surface area contributed by atoms with Gasteiger partial charge in [-0.25, -0.2) is 9.59 Å². The highest BCUT2D eigenvalue weighted by Crippen LogP contribution is 2.27. The number of nitrogens with zero attached hydrogens (tertiary/aromatic N) is 1. The predicted molar refractivity (Wildman–Crippen MR) is 96.2 cm³/mol. The minimum Gasteiger partial charge on any atom is -0.462 e. The summed E-state index contributed by atoms with van der Waals surface area (Å²) in [5.74, 6) is 5.03. The molecule has 1 atom stereocenters. The van der Waals surface area contributed by atoms with Gasteiger partial charge in [-0.05, 0) is 52.2 Å². The van der Waals surface area contributed by atoms with Crippen LogP contribution in [0.15, 0.2) is 30.3 Å². The molecule has 0 bridgehead atoms. The third kappa shape index (κ3) is 4.77. The Morgan fingerprint density at radius 2 is 1.96 bits per heavy atom. The Balaban J connectivity index is 2.44. The van der Waals surface area contributed by atoms with Crippen molar-refractivity contribution in [2.24, 2.45) is 0 Å². The number of hydrogen-bond acceptors (Lipinski definition) is 5. The molecular weight excluding hydrogens is 334 g/mol. The van der Waals surface area contributed by atoms with Crippen LogP contribution >= 0.6 is 0 Å². The van der Waals surface area contributed by atoms with Crippen molar-refractivity contribution in [3.8, 4) is 11.8 Å². The zero-order chi connectivity index (χ0) is 19.2. The summed E-state index contributed by atoms with van der Waals surface area (Å²) in [6.07, 6.45) is -0.0828. The van der Waals surface area contributed by atoms with Crippen molar-refractivity contribution < 1.29 is 23.8 Å². The second-order valence-corrected chi connectivity index (χ2v) is 6.81. The number of carbonyl (C=O) groups excluding carboxylic acids is 2. The monoisotopic (exact) mass is 359 g/mol. The van der Waals surface area contributed by atoms with Crippen LogP contribution in [0.4, 0.5) is 4.79 Å². The Bertz CT molecular complexity index is 698. The molecule has 0 radical (unpaired) electrons. The van der Waals surface area contributed by atoms with Crippen LogP contribution in [0.2, 0.25) is 0 Å². The predicted octanol–water partition coefficient (Wildman–Crippen LogP) is 2.95. The summed E-state index contributed by atoms with van der Waals surface area (Å²) in [6, 6.07) is 9.18. The largest absolute Gasteiger partial charge is 0.462 e. The molecule has 1 heterocycles. The van der Waals surface area contributed by atoms with E-state index in [9.17, 15) is 9.59 Å². The van der Waals surface area contributed by atoms with Gasteiger partial charge in [0.25, 0.3) is 0 Å². The van der Waals surface area contributed by atoms with Gasteiger partial charge in [-0.1, -0.05) is 24.1 Å². The average Bonchev–Trinajstić information content (AvgIpc) is 2.59. The Labute approximate surface area is 154 Å². The number of rotatable bonds is 2. The molecule has 0 saturated carbocycles. The van der Waals surface area contributed by atoms with Crippen molar-refractivity contribution in [2.45, 2.75) is 45.4 Å². The van der Waals surface area contributed by atoms with E-state index in [1.165, 1.54) is 4.90 Å². The lowest BCUT2D eigenvalue weighted by atomic mass is 10.1. The minimum absolute atomic E-state index is 0.152. The van der Waals surface area contributed by atoms with Crippen molar-refractivity contribution in [1.29, 1.82) is 0 Å². The van der Waals surface area contributed by atoms with E-state index in [1.807, 2.05) is 30.3 Å². The van der Waals surface area contributed by atoms with Gasteiger partial charge in [-0.15, -0.1) is 0 Å². The standard InChI is InChI=1S/C20H25NO5/c1-5-24-17(22)20(13-12-16-10-7-6-8-11-16)21(14-9-15-25-20)18(23)26-19(2,3)4/h6-8,10-11H,5,9,14-15H2,1-4H3/t20-/m0/s1. The molecule has 6 heteroatoms. The van der Waals surface area contributed by atoms with E-state index in [0.717, 1.165) is 0 Å². The highest BCUT2D eigenvalue weighted by Gasteiger charge is 2.51. The second kappa shape index (κ2) is 8.24. The SMILES string of the molecule is CCOC(=O)[C@]1(C#Cc2ccccc2)OCCCN1C(=O)OC(C)(C)C. The van der Waals surface area contributed by atoms with Gasteiger partial charge in [0, 0.05) is 12.1 Å². The van der Waals surface area contributed by atoms with E-state index < -0.39 is 23.4 Å². The quantitative estimate of drug-likeness (QED) is 0.600. The van der Waals surface area contributed by atoms with Crippen LogP contribution in [-0.2, 0) is 19.0 Å². The van der Waals surface area contributed by atoms with Gasteiger partial charge >= 0.3 is 17.8 Å². The van der Waals surface area contributed by atoms with Crippen LogP contribution in [0, 0.1) is 11.8 Å². The fourth-order valence-corrected chi connectivity index (χ4v) is 2.45. The molecule has 1 saturated heterocycles. The van der Waals surface area contributed by atoms with Crippen LogP contribution < -0.4 is 0 Å². The highest BCUT2D eigenvalue weighted by atomic mass is 16.6. The van der Waals surface area contributed by atoms with Crippen LogP contribution in [0.1, 0.15) is 39.7 Å². The van der Waals surface area contributed by atoms with Crippen LogP contribution in [0.3, 0.4) is 0 Å². The molecule has 140 valence electrons. The van der Waals surface area contributed by atoms with Crippen LogP contribution in [0.25, 0.3) is 0 Å². The fourth-order valence-electron chi connectivity index (χ4n) is 2.45. The highest BCUT2D eigenvalue weighted by molar-refractivity contribution is 5.88. The summed E-state index contributed by atoms with van der Waals surface area (Å²) in [7, 11) is 0. The summed E-state index contributed by atoms with van der Waals surface area (Å²) in [5, 5.41) is 0. The van der Waals surface area contributed by atoms with E-state index in [1.54, 1.807) is 27.7 Å². The van der Waals surface area contributed by atoms with Gasteiger partial charge < -0.3 is 14.2 Å². The molecule has 1 fully saturated rings. The summed E-state index contributed by atoms with van der Waals surface area (Å²) >= 11 is 0. The fraction of sp³-hybridized carbons (Fsp3) is 0.500. The van der Waals surface area contributed by atoms with Crippen molar-refractivity contribution >= 4 is 12.1 Å². The zero-order valence-electron chi connectivity index (χ0n) is 15.7. The van der Waals surface area contributed by atoms with Gasteiger partial charge in [-0.3, -0.25) is 4.90 Å². The molecule has 6 nitrogen and oxygen atoms in total. The lowest BCUT2D eigenvalue weighted by molar-refractivity contribution is -0.194. The maximum absolute atomic E-state index is 12.7. The molecule has 2 rings (SSSR count). The third-order valence-electron chi connectivity index (χ3n) is 3.53. The van der Waals surface area contributed by atoms with E-state index in [-0.39, 0.29) is 13.2 Å². The van der Waals surface area contributed by atoms with E-state index in [2.05, 4.69) is 11.8 Å². The van der Waals surface area contributed by atoms with Crippen molar-refractivity contribution in [1.82, 2.24) is 4.90 Å². The molecule has 0 aliphatic carbocycles. The molecule has 1 aliphatic rings. The first-order valence-electron chi connectivity index (χ1n) is 8.68. The van der Waals surface area contributed by atoms with Gasteiger partial charge in [-0.2, -0.15) is 0 Å². The van der Waals surface area contributed by atoms with E-state index in [4.69, 9.17) is 14.2 Å². The molecule has 0 unspecified atom stereocenters. The average molecular weight is 359 g/mol. The molecule has 1 aromatic carbocycles. The number of benzene rings is 1. The summed E-state index contributed by atoms with van der Waals surface area (Å²) in [4.78, 5) is 26.6. The van der Waals surface area contributed by atoms with Crippen LogP contribution in [-0.4, -0.2) is 48.0 Å². The maximum atomic E-state index is 12.7. The zero-order valence-corrected chi connectivity index (χ0v) is 15.7. The van der Waals surface area contributed by atoms with Crippen molar-refractivity contribution in [3.05, 3.63) is 35.9 Å². The van der Waals surface area contributed by atoms with Crippen LogP contribution in [0.5, 0.6) is 0 Å². The molecule has 26 heavy (non-hydrogen) atoms. The maximum Gasteiger partial charge on any atom is 0.413 e. The Morgan fingerprint density at radius 1 is 1.27 bits per heavy atom. The topological polar surface area (TPSA) is 65.1 Å². The Hall–Kier alpha value is -2.52. The first-order chi connectivity index (χ1) is 12.3. The summed E-state index contributed by atoms with van der Waals surface area (Å²) in [6.45, 7) is 7.71. The minimum atomic E-state index is -1.81. The number of esters is 1. The Morgan fingerprint density at radius 3 is 2.58 bits per heavy atom. The van der Waals surface area contributed by atoms with E-state index >= 15 is 0 Å². The molecule has 1 aromatic rings. The van der Waals surface area contributed by atoms with Gasteiger partial charge in [0.1, 0.15) is 5.60 Å². The third-order valence-corrected chi connectivity index (χ3v) is 3.53. The molecule has 1 aliphatic heterocycles. The number of hydrogen-bond donors (Lipinski definition) is 0. The van der Waals surface area contributed by atoms with Crippen molar-refractivity contribution in [2.75, 3.05) is 19.8 Å². The van der Waals surface area contributed by atoms with E-state index in [0.29, 0.717) is 18.6 Å². The Kier molecular flexibility index (Phi) is 6.27. The number of ether oxygens (including phenoxy) is 3. The first-order valence-corrected chi connectivity index (χ1v) is 8.68. The lowest BCUT2D eigenvalue weighted by Crippen LogP contribution is -2.62. The van der Waals surface area contributed by atoms with Gasteiger partial charge in [0.15, 0.2) is 0 Å². The molecule has 1 amide bonds.